The van der Waals surface area contributed by atoms with Gasteiger partial charge in [-0.1, -0.05) is 24.3 Å². The Morgan fingerprint density at radius 3 is 2.42 bits per heavy atom. The number of carbonyl (C=O) groups is 2. The first-order valence-corrected chi connectivity index (χ1v) is 7.78. The third kappa shape index (κ3) is 4.14. The lowest BCUT2D eigenvalue weighted by atomic mass is 10.0. The van der Waals surface area contributed by atoms with Crippen LogP contribution in [-0.4, -0.2) is 23.3 Å². The van der Waals surface area contributed by atoms with Gasteiger partial charge in [0.1, 0.15) is 5.75 Å². The molecule has 1 aliphatic carbocycles. The Morgan fingerprint density at radius 1 is 1.12 bits per heavy atom. The minimum absolute atomic E-state index is 0.0358. The van der Waals surface area contributed by atoms with Crippen LogP contribution in [0, 0.1) is 5.92 Å². The van der Waals surface area contributed by atoms with Crippen molar-refractivity contribution in [3.63, 3.8) is 0 Å². The van der Waals surface area contributed by atoms with Crippen molar-refractivity contribution in [3.05, 3.63) is 48.0 Å². The average molecular weight is 365 g/mol. The maximum atomic E-state index is 12.6. The number of amides is 1. The Morgan fingerprint density at radius 2 is 1.81 bits per heavy atom. The molecule has 0 bridgehead atoms. The summed E-state index contributed by atoms with van der Waals surface area (Å²) in [6, 6.07) is 9.46. The van der Waals surface area contributed by atoms with Crippen LogP contribution in [0.3, 0.4) is 0 Å². The van der Waals surface area contributed by atoms with Crippen LogP contribution in [0.5, 0.6) is 5.75 Å². The number of alkyl halides is 3. The van der Waals surface area contributed by atoms with Crippen LogP contribution in [0.25, 0.3) is 11.1 Å². The zero-order valence-corrected chi connectivity index (χ0v) is 13.3. The van der Waals surface area contributed by atoms with E-state index in [2.05, 4.69) is 10.1 Å². The van der Waals surface area contributed by atoms with Gasteiger partial charge in [0.2, 0.25) is 5.91 Å². The van der Waals surface area contributed by atoms with Gasteiger partial charge in [0.05, 0.1) is 11.3 Å². The van der Waals surface area contributed by atoms with Gasteiger partial charge in [-0.25, -0.2) is 4.79 Å². The molecule has 8 heteroatoms. The monoisotopic (exact) mass is 365 g/mol. The molecule has 0 aliphatic heterocycles. The summed E-state index contributed by atoms with van der Waals surface area (Å²) in [6.07, 6.45) is -3.40. The zero-order chi connectivity index (χ0) is 18.9. The summed E-state index contributed by atoms with van der Waals surface area (Å²) in [5, 5.41) is 11.8. The lowest BCUT2D eigenvalue weighted by Gasteiger charge is -2.15. The van der Waals surface area contributed by atoms with Crippen molar-refractivity contribution in [3.8, 4) is 16.9 Å². The van der Waals surface area contributed by atoms with E-state index >= 15 is 0 Å². The normalized spacial score (nSPS) is 14.0. The highest BCUT2D eigenvalue weighted by molar-refractivity contribution is 6.02. The number of aromatic carboxylic acids is 1. The van der Waals surface area contributed by atoms with Crippen LogP contribution in [0.2, 0.25) is 0 Å². The van der Waals surface area contributed by atoms with Crippen LogP contribution in [0.15, 0.2) is 42.5 Å². The van der Waals surface area contributed by atoms with Gasteiger partial charge in [0.25, 0.3) is 0 Å². The van der Waals surface area contributed by atoms with Crippen molar-refractivity contribution in [2.45, 2.75) is 19.2 Å². The first kappa shape index (κ1) is 17.8. The quantitative estimate of drug-likeness (QED) is 0.828. The van der Waals surface area contributed by atoms with Crippen LogP contribution in [0.1, 0.15) is 23.2 Å². The third-order valence-electron chi connectivity index (χ3n) is 3.88. The zero-order valence-electron chi connectivity index (χ0n) is 13.3. The molecule has 5 nitrogen and oxygen atoms in total. The van der Waals surface area contributed by atoms with E-state index in [0.29, 0.717) is 5.56 Å². The Kier molecular flexibility index (Phi) is 4.58. The smallest absolute Gasteiger partial charge is 0.478 e. The SMILES string of the molecule is O=C(O)c1ccc(-c2ccccc2OC(F)(F)F)cc1NC(=O)C1CC1. The minimum atomic E-state index is -4.86. The van der Waals surface area contributed by atoms with Crippen molar-refractivity contribution in [2.75, 3.05) is 5.32 Å². The molecule has 1 aliphatic rings. The van der Waals surface area contributed by atoms with E-state index in [1.165, 1.54) is 36.4 Å². The summed E-state index contributed by atoms with van der Waals surface area (Å²) in [5.41, 5.74) is 0.315. The first-order chi connectivity index (χ1) is 12.2. The van der Waals surface area contributed by atoms with Gasteiger partial charge in [0.15, 0.2) is 0 Å². The number of nitrogens with one attached hydrogen (secondary N) is 1. The number of carbonyl (C=O) groups excluding carboxylic acids is 1. The van der Waals surface area contributed by atoms with Crippen molar-refractivity contribution in [1.29, 1.82) is 0 Å². The Labute approximate surface area is 146 Å². The molecule has 136 valence electrons. The van der Waals surface area contributed by atoms with Gasteiger partial charge in [-0.2, -0.15) is 0 Å². The highest BCUT2D eigenvalue weighted by atomic mass is 19.4. The van der Waals surface area contributed by atoms with E-state index in [4.69, 9.17) is 0 Å². The molecule has 1 amide bonds. The van der Waals surface area contributed by atoms with Gasteiger partial charge in [-0.05, 0) is 36.6 Å². The number of carboxylic acid groups (broad SMARTS) is 1. The summed E-state index contributed by atoms with van der Waals surface area (Å²) in [4.78, 5) is 23.3. The Hall–Kier alpha value is -3.03. The fraction of sp³-hybridized carbons (Fsp3) is 0.222. The van der Waals surface area contributed by atoms with Crippen molar-refractivity contribution < 1.29 is 32.6 Å². The summed E-state index contributed by atoms with van der Waals surface area (Å²) in [6.45, 7) is 0. The largest absolute Gasteiger partial charge is 0.573 e. The van der Waals surface area contributed by atoms with Crippen LogP contribution < -0.4 is 10.1 Å². The van der Waals surface area contributed by atoms with Gasteiger partial charge in [-0.15, -0.1) is 13.2 Å². The summed E-state index contributed by atoms with van der Waals surface area (Å²) < 4.78 is 41.8. The van der Waals surface area contributed by atoms with Crippen molar-refractivity contribution in [2.24, 2.45) is 5.92 Å². The molecule has 0 aromatic heterocycles. The molecule has 3 rings (SSSR count). The molecule has 0 radical (unpaired) electrons. The van der Waals surface area contributed by atoms with Gasteiger partial charge >= 0.3 is 12.3 Å². The van der Waals surface area contributed by atoms with E-state index in [1.807, 2.05) is 0 Å². The van der Waals surface area contributed by atoms with E-state index in [1.54, 1.807) is 0 Å². The van der Waals surface area contributed by atoms with Crippen LogP contribution in [0.4, 0.5) is 18.9 Å². The highest BCUT2D eigenvalue weighted by Crippen LogP contribution is 2.36. The number of hydrogen-bond donors (Lipinski definition) is 2. The molecule has 1 saturated carbocycles. The maximum absolute atomic E-state index is 12.6. The van der Waals surface area contributed by atoms with Crippen molar-refractivity contribution >= 4 is 17.6 Å². The standard InChI is InChI=1S/C18H14F3NO4/c19-18(20,21)26-15-4-2-1-3-12(15)11-7-8-13(17(24)25)14(9-11)22-16(23)10-5-6-10/h1-4,7-10H,5-6H2,(H,22,23)(H,24,25). The molecule has 26 heavy (non-hydrogen) atoms. The number of ether oxygens (including phenoxy) is 1. The number of para-hydroxylation sites is 1. The van der Waals surface area contributed by atoms with E-state index < -0.39 is 18.1 Å². The second-order valence-corrected chi connectivity index (χ2v) is 5.87. The number of benzene rings is 2. The second-order valence-electron chi connectivity index (χ2n) is 5.87. The Bertz CT molecular complexity index is 860. The summed E-state index contributed by atoms with van der Waals surface area (Å²) in [5.74, 6) is -2.12. The summed E-state index contributed by atoms with van der Waals surface area (Å²) in [7, 11) is 0. The molecular weight excluding hydrogens is 351 g/mol. The van der Waals surface area contributed by atoms with E-state index in [0.717, 1.165) is 18.9 Å². The van der Waals surface area contributed by atoms with Crippen LogP contribution in [-0.2, 0) is 4.79 Å². The molecule has 0 heterocycles. The molecule has 2 aromatic rings. The third-order valence-corrected chi connectivity index (χ3v) is 3.88. The number of halogens is 3. The molecule has 0 atom stereocenters. The fourth-order valence-corrected chi connectivity index (χ4v) is 2.50. The molecule has 1 fully saturated rings. The molecular formula is C18H14F3NO4. The maximum Gasteiger partial charge on any atom is 0.573 e. The van der Waals surface area contributed by atoms with Gasteiger partial charge in [-0.3, -0.25) is 4.79 Å². The molecule has 2 aromatic carbocycles. The lowest BCUT2D eigenvalue weighted by Crippen LogP contribution is -2.18. The number of rotatable bonds is 5. The molecule has 2 N–H and O–H groups in total. The first-order valence-electron chi connectivity index (χ1n) is 7.78. The molecule has 0 unspecified atom stereocenters. The molecule has 0 spiro atoms. The van der Waals surface area contributed by atoms with Gasteiger partial charge in [0, 0.05) is 11.5 Å². The minimum Gasteiger partial charge on any atom is -0.478 e. The summed E-state index contributed by atoms with van der Waals surface area (Å²) >= 11 is 0. The topological polar surface area (TPSA) is 75.6 Å². The average Bonchev–Trinajstić information content (AvgIpc) is 3.38. The number of anilines is 1. The Balaban J connectivity index is 2.01. The number of hydrogen-bond acceptors (Lipinski definition) is 3. The number of carboxylic acids is 1. The second kappa shape index (κ2) is 6.70. The molecule has 0 saturated heterocycles. The predicted octanol–water partition coefficient (Wildman–Crippen LogP) is 4.30. The predicted molar refractivity (Wildman–Crippen MR) is 86.9 cm³/mol. The highest BCUT2D eigenvalue weighted by Gasteiger charge is 2.33. The van der Waals surface area contributed by atoms with E-state index in [9.17, 15) is 27.9 Å². The van der Waals surface area contributed by atoms with Gasteiger partial charge < -0.3 is 15.2 Å². The lowest BCUT2D eigenvalue weighted by molar-refractivity contribution is -0.274. The van der Waals surface area contributed by atoms with E-state index in [-0.39, 0.29) is 28.6 Å². The van der Waals surface area contributed by atoms with Crippen molar-refractivity contribution in [1.82, 2.24) is 0 Å². The fourth-order valence-electron chi connectivity index (χ4n) is 2.50. The van der Waals surface area contributed by atoms with Crippen LogP contribution >= 0.6 is 0 Å².